The van der Waals surface area contributed by atoms with Crippen LogP contribution in [0.15, 0.2) is 18.2 Å². The maximum atomic E-state index is 9.69. The first-order chi connectivity index (χ1) is 7.10. The van der Waals surface area contributed by atoms with Crippen molar-refractivity contribution in [1.82, 2.24) is 0 Å². The molecule has 5 nitrogen and oxygen atoms in total. The first-order valence-corrected chi connectivity index (χ1v) is 4.46. The topological polar surface area (TPSA) is 116 Å². The Morgan fingerprint density at radius 3 is 2.60 bits per heavy atom. The monoisotopic (exact) mass is 207 g/mol. The Labute approximate surface area is 87.6 Å². The fourth-order valence-electron chi connectivity index (χ4n) is 1.26. The number of rotatable bonds is 3. The van der Waals surface area contributed by atoms with Crippen molar-refractivity contribution in [2.24, 2.45) is 5.73 Å². The Bertz CT molecular complexity index is 387. The normalized spacial score (nSPS) is 14.3. The summed E-state index contributed by atoms with van der Waals surface area (Å²) >= 11 is 0. The van der Waals surface area contributed by atoms with Crippen molar-refractivity contribution in [3.8, 4) is 6.07 Å². The van der Waals surface area contributed by atoms with Crippen LogP contribution < -0.4 is 11.5 Å². The molecule has 0 saturated carbocycles. The van der Waals surface area contributed by atoms with Gasteiger partial charge >= 0.3 is 0 Å². The number of anilines is 1. The fraction of sp³-hybridized carbons (Fsp3) is 0.300. The van der Waals surface area contributed by atoms with Crippen LogP contribution in [0, 0.1) is 11.3 Å². The molecule has 5 heteroatoms. The molecule has 0 saturated heterocycles. The molecular formula is C10H13N3O2. The standard InChI is InChI=1S/C10H13N3O2/c11-4-6-1-2-7(13)3-8(6)10(15)9(14)5-12/h1-3,9-10,14-15H,5,12-13H2. The predicted octanol–water partition coefficient (Wildman–Crippen LogP) is -0.507. The van der Waals surface area contributed by atoms with E-state index >= 15 is 0 Å². The van der Waals surface area contributed by atoms with Crippen molar-refractivity contribution >= 4 is 5.69 Å². The fourth-order valence-corrected chi connectivity index (χ4v) is 1.26. The van der Waals surface area contributed by atoms with Gasteiger partial charge in [0.05, 0.1) is 17.7 Å². The molecule has 6 N–H and O–H groups in total. The lowest BCUT2D eigenvalue weighted by Crippen LogP contribution is -2.27. The Balaban J connectivity index is 3.12. The summed E-state index contributed by atoms with van der Waals surface area (Å²) in [4.78, 5) is 0. The molecule has 0 fully saturated rings. The van der Waals surface area contributed by atoms with Crippen LogP contribution in [0.25, 0.3) is 0 Å². The summed E-state index contributed by atoms with van der Waals surface area (Å²) in [5.74, 6) is 0. The van der Waals surface area contributed by atoms with E-state index in [1.54, 1.807) is 6.07 Å². The minimum atomic E-state index is -1.19. The smallest absolute Gasteiger partial charge is 0.107 e. The number of nitrogens with zero attached hydrogens (tertiary/aromatic N) is 1. The van der Waals surface area contributed by atoms with Crippen LogP contribution in [-0.2, 0) is 0 Å². The Hall–Kier alpha value is -1.61. The molecule has 0 aliphatic rings. The van der Waals surface area contributed by atoms with E-state index in [4.69, 9.17) is 16.7 Å². The maximum absolute atomic E-state index is 9.69. The van der Waals surface area contributed by atoms with Gasteiger partial charge in [-0.25, -0.2) is 0 Å². The molecule has 0 bridgehead atoms. The number of hydrogen-bond acceptors (Lipinski definition) is 5. The van der Waals surface area contributed by atoms with Crippen molar-refractivity contribution in [3.05, 3.63) is 29.3 Å². The van der Waals surface area contributed by atoms with Crippen LogP contribution in [0.2, 0.25) is 0 Å². The lowest BCUT2D eigenvalue weighted by molar-refractivity contribution is 0.0242. The molecule has 0 amide bonds. The van der Waals surface area contributed by atoms with Crippen molar-refractivity contribution in [2.45, 2.75) is 12.2 Å². The molecule has 0 spiro atoms. The third kappa shape index (κ3) is 2.44. The number of nitrogens with two attached hydrogens (primary N) is 2. The highest BCUT2D eigenvalue weighted by atomic mass is 16.3. The highest BCUT2D eigenvalue weighted by Gasteiger charge is 2.20. The number of aliphatic hydroxyl groups excluding tert-OH is 2. The average Bonchev–Trinajstić information content (AvgIpc) is 2.27. The zero-order valence-electron chi connectivity index (χ0n) is 8.09. The van der Waals surface area contributed by atoms with E-state index in [1.165, 1.54) is 12.1 Å². The van der Waals surface area contributed by atoms with Crippen molar-refractivity contribution in [2.75, 3.05) is 12.3 Å². The van der Waals surface area contributed by atoms with E-state index in [0.29, 0.717) is 11.3 Å². The molecule has 1 rings (SSSR count). The number of benzene rings is 1. The lowest BCUT2D eigenvalue weighted by atomic mass is 9.98. The molecule has 0 radical (unpaired) electrons. The average molecular weight is 207 g/mol. The molecule has 0 aliphatic carbocycles. The summed E-state index contributed by atoms with van der Waals surface area (Å²) in [6.45, 7) is -0.0825. The second-order valence-corrected chi connectivity index (χ2v) is 3.21. The van der Waals surface area contributed by atoms with Gasteiger partial charge in [-0.05, 0) is 18.2 Å². The van der Waals surface area contributed by atoms with Gasteiger partial charge in [-0.3, -0.25) is 0 Å². The first-order valence-electron chi connectivity index (χ1n) is 4.46. The second kappa shape index (κ2) is 4.75. The Kier molecular flexibility index (Phi) is 3.63. The summed E-state index contributed by atoms with van der Waals surface area (Å²) in [6.07, 6.45) is -2.29. The molecule has 2 atom stereocenters. The van der Waals surface area contributed by atoms with Gasteiger partial charge in [-0.2, -0.15) is 5.26 Å². The van der Waals surface area contributed by atoms with Crippen LogP contribution in [0.4, 0.5) is 5.69 Å². The van der Waals surface area contributed by atoms with Gasteiger partial charge in [-0.15, -0.1) is 0 Å². The second-order valence-electron chi connectivity index (χ2n) is 3.21. The number of nitrogen functional groups attached to an aromatic ring is 1. The summed E-state index contributed by atoms with van der Waals surface area (Å²) in [5.41, 5.74) is 11.8. The molecule has 2 unspecified atom stereocenters. The Morgan fingerprint density at radius 2 is 2.07 bits per heavy atom. The van der Waals surface area contributed by atoms with E-state index in [-0.39, 0.29) is 12.1 Å². The molecule has 80 valence electrons. The summed E-state index contributed by atoms with van der Waals surface area (Å²) in [6, 6.07) is 6.43. The molecule has 0 aliphatic heterocycles. The summed E-state index contributed by atoms with van der Waals surface area (Å²) in [5, 5.41) is 27.9. The van der Waals surface area contributed by atoms with Gasteiger partial charge in [-0.1, -0.05) is 0 Å². The van der Waals surface area contributed by atoms with Crippen molar-refractivity contribution in [1.29, 1.82) is 5.26 Å². The van der Waals surface area contributed by atoms with Gasteiger partial charge < -0.3 is 21.7 Å². The number of hydrogen-bond donors (Lipinski definition) is 4. The third-order valence-corrected chi connectivity index (χ3v) is 2.12. The van der Waals surface area contributed by atoms with Gasteiger partial charge in [0.15, 0.2) is 0 Å². The maximum Gasteiger partial charge on any atom is 0.107 e. The van der Waals surface area contributed by atoms with E-state index in [9.17, 15) is 10.2 Å². The molecule has 1 aromatic carbocycles. The van der Waals surface area contributed by atoms with E-state index < -0.39 is 12.2 Å². The van der Waals surface area contributed by atoms with Gasteiger partial charge in [0.25, 0.3) is 0 Å². The zero-order valence-corrected chi connectivity index (χ0v) is 8.09. The summed E-state index contributed by atoms with van der Waals surface area (Å²) < 4.78 is 0. The van der Waals surface area contributed by atoms with Gasteiger partial charge in [0.2, 0.25) is 0 Å². The number of nitriles is 1. The lowest BCUT2D eigenvalue weighted by Gasteiger charge is -2.17. The highest BCUT2D eigenvalue weighted by molar-refractivity contribution is 5.50. The quantitative estimate of drug-likeness (QED) is 0.498. The largest absolute Gasteiger partial charge is 0.399 e. The highest BCUT2D eigenvalue weighted by Crippen LogP contribution is 2.22. The van der Waals surface area contributed by atoms with Crippen molar-refractivity contribution < 1.29 is 10.2 Å². The molecule has 0 heterocycles. The van der Waals surface area contributed by atoms with Crippen LogP contribution in [0.3, 0.4) is 0 Å². The SMILES string of the molecule is N#Cc1ccc(N)cc1C(O)C(O)CN. The molecule has 0 aromatic heterocycles. The Morgan fingerprint density at radius 1 is 1.40 bits per heavy atom. The third-order valence-electron chi connectivity index (χ3n) is 2.12. The molecular weight excluding hydrogens is 194 g/mol. The van der Waals surface area contributed by atoms with Crippen LogP contribution >= 0.6 is 0 Å². The predicted molar refractivity (Wildman–Crippen MR) is 55.6 cm³/mol. The summed E-state index contributed by atoms with van der Waals surface area (Å²) in [7, 11) is 0. The van der Waals surface area contributed by atoms with Gasteiger partial charge in [0, 0.05) is 17.8 Å². The van der Waals surface area contributed by atoms with Gasteiger partial charge in [0.1, 0.15) is 6.10 Å². The van der Waals surface area contributed by atoms with Crippen LogP contribution in [-0.4, -0.2) is 22.9 Å². The molecule has 15 heavy (non-hydrogen) atoms. The van der Waals surface area contributed by atoms with E-state index in [0.717, 1.165) is 0 Å². The van der Waals surface area contributed by atoms with E-state index in [2.05, 4.69) is 0 Å². The van der Waals surface area contributed by atoms with E-state index in [1.807, 2.05) is 6.07 Å². The number of aliphatic hydroxyl groups is 2. The minimum Gasteiger partial charge on any atom is -0.399 e. The zero-order chi connectivity index (χ0) is 11.4. The molecule has 1 aromatic rings. The first kappa shape index (κ1) is 11.5. The van der Waals surface area contributed by atoms with Crippen molar-refractivity contribution in [3.63, 3.8) is 0 Å². The van der Waals surface area contributed by atoms with Crippen LogP contribution in [0.5, 0.6) is 0 Å². The van der Waals surface area contributed by atoms with Crippen LogP contribution in [0.1, 0.15) is 17.2 Å². The minimum absolute atomic E-state index is 0.0825.